The molecule has 3 aromatic heterocycles. The maximum atomic E-state index is 12.5. The maximum Gasteiger partial charge on any atom is 0.338 e. The molecule has 1 amide bonds. The monoisotopic (exact) mass is 459 g/mol. The molecule has 0 aliphatic heterocycles. The van der Waals surface area contributed by atoms with Crippen molar-refractivity contribution in [2.75, 3.05) is 19.0 Å². The lowest BCUT2D eigenvalue weighted by Crippen LogP contribution is -2.20. The predicted molar refractivity (Wildman–Crippen MR) is 124 cm³/mol. The number of nitrogens with zero attached hydrogens (tertiary/aromatic N) is 3. The maximum absolute atomic E-state index is 12.5. The summed E-state index contributed by atoms with van der Waals surface area (Å²) in [5, 5.41) is 3.07. The number of carbonyl (C=O) groups is 2. The number of benzene rings is 2. The number of pyridine rings is 1. The molecule has 2 N–H and O–H groups in total. The average Bonchev–Trinajstić information content (AvgIpc) is 3.45. The van der Waals surface area contributed by atoms with Gasteiger partial charge < -0.3 is 14.5 Å². The van der Waals surface area contributed by atoms with E-state index in [4.69, 9.17) is 9.47 Å². The molecule has 0 spiro atoms. The second-order valence-corrected chi connectivity index (χ2v) is 8.07. The van der Waals surface area contributed by atoms with Crippen molar-refractivity contribution in [1.29, 1.82) is 0 Å². The van der Waals surface area contributed by atoms with Crippen LogP contribution in [0.2, 0.25) is 0 Å². The zero-order chi connectivity index (χ0) is 22.8. The molecule has 164 valence electrons. The van der Waals surface area contributed by atoms with Crippen molar-refractivity contribution in [2.24, 2.45) is 0 Å². The van der Waals surface area contributed by atoms with E-state index in [-0.39, 0.29) is 0 Å². The molecule has 0 saturated heterocycles. The standard InChI is InChI=1S/C23H17N5O4S/c1-31-15-5-7-17-19(10-15)33-23(27-17)28-20(29)12-32-22(30)13-4-6-16-18(9-13)26-21(25-16)14-3-2-8-24-11-14/h2-11H,12H2,1H3,(H,25,26)(H,27,28,29). The van der Waals surface area contributed by atoms with E-state index in [1.807, 2.05) is 24.3 Å². The van der Waals surface area contributed by atoms with Crippen LogP contribution in [0.1, 0.15) is 10.4 Å². The summed E-state index contributed by atoms with van der Waals surface area (Å²) in [4.78, 5) is 40.8. The number of fused-ring (bicyclic) bond motifs is 2. The van der Waals surface area contributed by atoms with E-state index < -0.39 is 18.5 Å². The Morgan fingerprint density at radius 3 is 2.79 bits per heavy atom. The smallest absolute Gasteiger partial charge is 0.338 e. The van der Waals surface area contributed by atoms with Crippen LogP contribution in [0.4, 0.5) is 5.13 Å². The number of hydrogen-bond acceptors (Lipinski definition) is 8. The number of nitrogens with one attached hydrogen (secondary N) is 2. The first kappa shape index (κ1) is 20.6. The van der Waals surface area contributed by atoms with Gasteiger partial charge in [-0.2, -0.15) is 0 Å². The molecule has 33 heavy (non-hydrogen) atoms. The lowest BCUT2D eigenvalue weighted by Gasteiger charge is -2.04. The summed E-state index contributed by atoms with van der Waals surface area (Å²) >= 11 is 1.31. The minimum absolute atomic E-state index is 0.309. The molecule has 10 heteroatoms. The first-order valence-electron chi connectivity index (χ1n) is 9.91. The van der Waals surface area contributed by atoms with Gasteiger partial charge in [-0.25, -0.2) is 14.8 Å². The van der Waals surface area contributed by atoms with Crippen molar-refractivity contribution >= 4 is 49.6 Å². The van der Waals surface area contributed by atoms with Gasteiger partial charge in [0.25, 0.3) is 5.91 Å². The Morgan fingerprint density at radius 1 is 1.09 bits per heavy atom. The van der Waals surface area contributed by atoms with E-state index in [0.29, 0.717) is 33.3 Å². The average molecular weight is 459 g/mol. The van der Waals surface area contributed by atoms with Crippen LogP contribution in [-0.4, -0.2) is 45.5 Å². The molecular weight excluding hydrogens is 442 g/mol. The lowest BCUT2D eigenvalue weighted by atomic mass is 10.2. The highest BCUT2D eigenvalue weighted by Gasteiger charge is 2.14. The van der Waals surface area contributed by atoms with Crippen LogP contribution in [0.25, 0.3) is 32.6 Å². The fraction of sp³-hybridized carbons (Fsp3) is 0.0870. The van der Waals surface area contributed by atoms with Gasteiger partial charge in [-0.15, -0.1) is 0 Å². The Balaban J connectivity index is 1.23. The zero-order valence-corrected chi connectivity index (χ0v) is 18.2. The van der Waals surface area contributed by atoms with Crippen LogP contribution in [0.3, 0.4) is 0 Å². The third-order valence-electron chi connectivity index (χ3n) is 4.83. The largest absolute Gasteiger partial charge is 0.497 e. The number of ether oxygens (including phenoxy) is 2. The molecule has 2 aromatic carbocycles. The second kappa shape index (κ2) is 8.67. The number of amides is 1. The molecule has 0 unspecified atom stereocenters. The van der Waals surface area contributed by atoms with Gasteiger partial charge in [0.1, 0.15) is 11.6 Å². The van der Waals surface area contributed by atoms with Crippen LogP contribution in [0.15, 0.2) is 60.9 Å². The van der Waals surface area contributed by atoms with Gasteiger partial charge in [0, 0.05) is 18.0 Å². The van der Waals surface area contributed by atoms with E-state index >= 15 is 0 Å². The summed E-state index contributed by atoms with van der Waals surface area (Å²) in [6.07, 6.45) is 3.39. The normalized spacial score (nSPS) is 10.9. The minimum Gasteiger partial charge on any atom is -0.497 e. The number of rotatable bonds is 6. The third-order valence-corrected chi connectivity index (χ3v) is 5.76. The van der Waals surface area contributed by atoms with Gasteiger partial charge in [-0.3, -0.25) is 15.1 Å². The Kier molecular flexibility index (Phi) is 5.41. The van der Waals surface area contributed by atoms with Crippen LogP contribution >= 0.6 is 11.3 Å². The molecule has 0 aliphatic carbocycles. The fourth-order valence-corrected chi connectivity index (χ4v) is 4.14. The highest BCUT2D eigenvalue weighted by atomic mass is 32.1. The van der Waals surface area contributed by atoms with Crippen LogP contribution < -0.4 is 10.1 Å². The van der Waals surface area contributed by atoms with Crippen molar-refractivity contribution in [3.63, 3.8) is 0 Å². The number of thiazole rings is 1. The quantitative estimate of drug-likeness (QED) is 0.368. The second-order valence-electron chi connectivity index (χ2n) is 7.04. The van der Waals surface area contributed by atoms with Crippen LogP contribution in [0.5, 0.6) is 5.75 Å². The third kappa shape index (κ3) is 4.37. The summed E-state index contributed by atoms with van der Waals surface area (Å²) < 4.78 is 11.2. The van der Waals surface area contributed by atoms with Crippen molar-refractivity contribution < 1.29 is 19.1 Å². The van der Waals surface area contributed by atoms with Gasteiger partial charge in [-0.05, 0) is 48.5 Å². The van der Waals surface area contributed by atoms with Gasteiger partial charge in [-0.1, -0.05) is 11.3 Å². The molecule has 0 radical (unpaired) electrons. The topological polar surface area (TPSA) is 119 Å². The number of esters is 1. The number of imidazole rings is 1. The highest BCUT2D eigenvalue weighted by molar-refractivity contribution is 7.22. The number of aromatic nitrogens is 4. The van der Waals surface area contributed by atoms with Gasteiger partial charge in [0.15, 0.2) is 11.7 Å². The zero-order valence-electron chi connectivity index (χ0n) is 17.4. The van der Waals surface area contributed by atoms with Gasteiger partial charge in [0.05, 0.1) is 33.9 Å². The van der Waals surface area contributed by atoms with E-state index in [2.05, 4.69) is 25.3 Å². The number of carbonyl (C=O) groups excluding carboxylic acids is 2. The first-order valence-corrected chi connectivity index (χ1v) is 10.7. The van der Waals surface area contributed by atoms with Crippen molar-refractivity contribution in [3.05, 3.63) is 66.5 Å². The molecule has 0 bridgehead atoms. The number of hydrogen-bond donors (Lipinski definition) is 2. The van der Waals surface area contributed by atoms with E-state index in [1.165, 1.54) is 11.3 Å². The Morgan fingerprint density at radius 2 is 1.97 bits per heavy atom. The molecule has 0 fully saturated rings. The molecular formula is C23H17N5O4S. The van der Waals surface area contributed by atoms with Crippen LogP contribution in [-0.2, 0) is 9.53 Å². The number of methoxy groups -OCH3 is 1. The fourth-order valence-electron chi connectivity index (χ4n) is 3.23. The number of H-pyrrole nitrogens is 1. The van der Waals surface area contributed by atoms with Crippen LogP contribution in [0, 0.1) is 0 Å². The minimum atomic E-state index is -0.612. The van der Waals surface area contributed by atoms with E-state index in [1.54, 1.807) is 43.8 Å². The first-order chi connectivity index (χ1) is 16.1. The lowest BCUT2D eigenvalue weighted by molar-refractivity contribution is -0.119. The van der Waals surface area contributed by atoms with E-state index in [9.17, 15) is 9.59 Å². The Bertz CT molecular complexity index is 1480. The highest BCUT2D eigenvalue weighted by Crippen LogP contribution is 2.29. The molecule has 3 heterocycles. The summed E-state index contributed by atoms with van der Waals surface area (Å²) in [6.45, 7) is -0.431. The predicted octanol–water partition coefficient (Wildman–Crippen LogP) is 4.04. The number of aromatic amines is 1. The van der Waals surface area contributed by atoms with Crippen molar-refractivity contribution in [2.45, 2.75) is 0 Å². The Hall–Kier alpha value is -4.31. The molecule has 0 atom stereocenters. The van der Waals surface area contributed by atoms with E-state index in [0.717, 1.165) is 15.8 Å². The molecule has 5 rings (SSSR count). The molecule has 0 aliphatic rings. The summed E-state index contributed by atoms with van der Waals surface area (Å²) in [7, 11) is 1.59. The summed E-state index contributed by atoms with van der Waals surface area (Å²) in [5.74, 6) is 0.269. The number of anilines is 1. The molecule has 0 saturated carbocycles. The molecule has 5 aromatic rings. The van der Waals surface area contributed by atoms with Gasteiger partial charge >= 0.3 is 5.97 Å². The SMILES string of the molecule is COc1ccc2nc(NC(=O)COC(=O)c3ccc4nc(-c5cccnc5)[nH]c4c3)sc2c1. The van der Waals surface area contributed by atoms with Crippen molar-refractivity contribution in [1.82, 2.24) is 19.9 Å². The Labute approximate surface area is 191 Å². The molecule has 9 nitrogen and oxygen atoms in total. The van der Waals surface area contributed by atoms with Gasteiger partial charge in [0.2, 0.25) is 0 Å². The summed E-state index contributed by atoms with van der Waals surface area (Å²) in [5.41, 5.74) is 3.27. The van der Waals surface area contributed by atoms with Crippen molar-refractivity contribution in [3.8, 4) is 17.1 Å². The summed E-state index contributed by atoms with van der Waals surface area (Å²) in [6, 6.07) is 14.1.